The fourth-order valence-electron chi connectivity index (χ4n) is 2.82. The van der Waals surface area contributed by atoms with E-state index in [0.29, 0.717) is 6.42 Å². The summed E-state index contributed by atoms with van der Waals surface area (Å²) in [7, 11) is 0. The minimum absolute atomic E-state index is 0.0606. The van der Waals surface area contributed by atoms with E-state index in [9.17, 15) is 4.79 Å². The lowest BCUT2D eigenvalue weighted by molar-refractivity contribution is -0.155. The first-order valence-electron chi connectivity index (χ1n) is 9.79. The summed E-state index contributed by atoms with van der Waals surface area (Å²) < 4.78 is 5.50. The number of allylic oxidation sites excluding steroid dienone is 5. The number of benzene rings is 1. The number of hydrogen-bond donors (Lipinski definition) is 1. The van der Waals surface area contributed by atoms with Crippen molar-refractivity contribution in [2.45, 2.75) is 71.6 Å². The summed E-state index contributed by atoms with van der Waals surface area (Å²) in [6.45, 7) is 9.67. The first-order valence-corrected chi connectivity index (χ1v) is 9.79. The minimum atomic E-state index is -0.464. The fourth-order valence-corrected chi connectivity index (χ4v) is 2.82. The summed E-state index contributed by atoms with van der Waals surface area (Å²) in [5, 5.41) is 3.64. The van der Waals surface area contributed by atoms with Gasteiger partial charge in [0.15, 0.2) is 0 Å². The van der Waals surface area contributed by atoms with Gasteiger partial charge in [0.2, 0.25) is 0 Å². The molecule has 3 heteroatoms. The molecule has 2 atom stereocenters. The largest absolute Gasteiger partial charge is 0.460 e. The molecule has 0 aliphatic carbocycles. The molecular weight excluding hydrogens is 334 g/mol. The molecule has 1 aromatic carbocycles. The van der Waals surface area contributed by atoms with Gasteiger partial charge in [0.1, 0.15) is 5.60 Å². The summed E-state index contributed by atoms with van der Waals surface area (Å²) in [5.74, 6) is -0.183. The van der Waals surface area contributed by atoms with Crippen molar-refractivity contribution in [3.8, 4) is 0 Å². The van der Waals surface area contributed by atoms with Crippen LogP contribution in [0.1, 0.15) is 65.5 Å². The molecule has 0 heterocycles. The molecule has 0 bridgehead atoms. The van der Waals surface area contributed by atoms with Crippen LogP contribution in [0, 0.1) is 0 Å². The van der Waals surface area contributed by atoms with Gasteiger partial charge >= 0.3 is 5.97 Å². The molecule has 2 unspecified atom stereocenters. The number of nitrogens with one attached hydrogen (secondary N) is 1. The molecule has 0 amide bonds. The molecule has 0 aliphatic rings. The van der Waals surface area contributed by atoms with E-state index in [-0.39, 0.29) is 18.1 Å². The molecule has 0 spiro atoms. The SMILES string of the molecule is C/C=C/C=C/CCC(NC(/C=C/C)CC(=O)OC(C)(C)C)c1ccccc1. The van der Waals surface area contributed by atoms with E-state index < -0.39 is 5.60 Å². The maximum Gasteiger partial charge on any atom is 0.308 e. The summed E-state index contributed by atoms with van der Waals surface area (Å²) in [5.41, 5.74) is 0.768. The number of esters is 1. The van der Waals surface area contributed by atoms with Crippen molar-refractivity contribution in [3.05, 3.63) is 72.4 Å². The summed E-state index contributed by atoms with van der Waals surface area (Å²) >= 11 is 0. The molecule has 1 rings (SSSR count). The van der Waals surface area contributed by atoms with Crippen LogP contribution in [0.2, 0.25) is 0 Å². The Kier molecular flexibility index (Phi) is 10.4. The molecule has 0 fully saturated rings. The number of rotatable bonds is 10. The maximum atomic E-state index is 12.3. The van der Waals surface area contributed by atoms with Crippen molar-refractivity contribution in [2.24, 2.45) is 0 Å². The predicted octanol–water partition coefficient (Wildman–Crippen LogP) is 5.91. The Bertz CT molecular complexity index is 624. The van der Waals surface area contributed by atoms with Crippen LogP contribution >= 0.6 is 0 Å². The Labute approximate surface area is 165 Å². The third-order valence-electron chi connectivity index (χ3n) is 3.91. The van der Waals surface area contributed by atoms with Gasteiger partial charge in [-0.2, -0.15) is 0 Å². The first kappa shape index (κ1) is 22.9. The molecule has 0 aliphatic heterocycles. The monoisotopic (exact) mass is 369 g/mol. The van der Waals surface area contributed by atoms with Crippen LogP contribution in [-0.4, -0.2) is 17.6 Å². The van der Waals surface area contributed by atoms with E-state index in [0.717, 1.165) is 12.8 Å². The smallest absolute Gasteiger partial charge is 0.308 e. The Morgan fingerprint density at radius 2 is 1.81 bits per heavy atom. The Morgan fingerprint density at radius 3 is 2.41 bits per heavy atom. The lowest BCUT2D eigenvalue weighted by Gasteiger charge is -2.25. The maximum absolute atomic E-state index is 12.3. The average molecular weight is 370 g/mol. The van der Waals surface area contributed by atoms with Gasteiger partial charge in [0.05, 0.1) is 6.42 Å². The Balaban J connectivity index is 2.83. The van der Waals surface area contributed by atoms with Gasteiger partial charge < -0.3 is 10.1 Å². The van der Waals surface area contributed by atoms with Crippen molar-refractivity contribution >= 4 is 5.97 Å². The highest BCUT2D eigenvalue weighted by Crippen LogP contribution is 2.21. The van der Waals surface area contributed by atoms with Crippen LogP contribution < -0.4 is 5.32 Å². The highest BCUT2D eigenvalue weighted by atomic mass is 16.6. The Hall–Kier alpha value is -2.13. The molecular formula is C24H35NO2. The molecule has 0 saturated heterocycles. The average Bonchev–Trinajstić information content (AvgIpc) is 2.59. The molecule has 1 aromatic rings. The molecule has 27 heavy (non-hydrogen) atoms. The lowest BCUT2D eigenvalue weighted by Crippen LogP contribution is -2.35. The normalized spacial score (nSPS) is 14.9. The van der Waals surface area contributed by atoms with E-state index >= 15 is 0 Å². The third kappa shape index (κ3) is 10.6. The van der Waals surface area contributed by atoms with Crippen molar-refractivity contribution in [1.82, 2.24) is 5.32 Å². The third-order valence-corrected chi connectivity index (χ3v) is 3.91. The quantitative estimate of drug-likeness (QED) is 0.317. The molecule has 0 radical (unpaired) electrons. The minimum Gasteiger partial charge on any atom is -0.460 e. The van der Waals surface area contributed by atoms with Gasteiger partial charge in [0.25, 0.3) is 0 Å². The lowest BCUT2D eigenvalue weighted by atomic mass is 10.00. The second-order valence-corrected chi connectivity index (χ2v) is 7.58. The van der Waals surface area contributed by atoms with Gasteiger partial charge in [-0.15, -0.1) is 0 Å². The predicted molar refractivity (Wildman–Crippen MR) is 115 cm³/mol. The summed E-state index contributed by atoms with van der Waals surface area (Å²) in [6, 6.07) is 10.5. The van der Waals surface area contributed by atoms with E-state index in [1.165, 1.54) is 5.56 Å². The van der Waals surface area contributed by atoms with Crippen LogP contribution in [0.25, 0.3) is 0 Å². The topological polar surface area (TPSA) is 38.3 Å². The molecule has 148 valence electrons. The van der Waals surface area contributed by atoms with Crippen LogP contribution in [0.3, 0.4) is 0 Å². The second kappa shape index (κ2) is 12.3. The van der Waals surface area contributed by atoms with Crippen LogP contribution in [0.15, 0.2) is 66.8 Å². The zero-order chi connectivity index (χ0) is 20.1. The van der Waals surface area contributed by atoms with Crippen LogP contribution in [-0.2, 0) is 9.53 Å². The summed E-state index contributed by atoms with van der Waals surface area (Å²) in [6.07, 6.45) is 14.6. The van der Waals surface area contributed by atoms with Gasteiger partial charge in [0, 0.05) is 12.1 Å². The highest BCUT2D eigenvalue weighted by Gasteiger charge is 2.21. The van der Waals surface area contributed by atoms with Crippen molar-refractivity contribution in [1.29, 1.82) is 0 Å². The van der Waals surface area contributed by atoms with Gasteiger partial charge in [-0.25, -0.2) is 0 Å². The zero-order valence-electron chi connectivity index (χ0n) is 17.4. The standard InChI is InChI=1S/C24H35NO2/c1-6-8-9-10-14-18-22(20-16-12-11-13-17-20)25-21(15-7-2)19-23(26)27-24(3,4)5/h6-13,15-17,21-22,25H,14,18-19H2,1-5H3/b8-6+,10-9+,15-7+. The van der Waals surface area contributed by atoms with E-state index in [2.05, 4.69) is 41.7 Å². The van der Waals surface area contributed by atoms with Crippen molar-refractivity contribution in [2.75, 3.05) is 0 Å². The van der Waals surface area contributed by atoms with Crippen molar-refractivity contribution in [3.63, 3.8) is 0 Å². The Morgan fingerprint density at radius 1 is 1.11 bits per heavy atom. The fraction of sp³-hybridized carbons (Fsp3) is 0.458. The molecule has 0 saturated carbocycles. The van der Waals surface area contributed by atoms with Crippen molar-refractivity contribution < 1.29 is 9.53 Å². The van der Waals surface area contributed by atoms with Gasteiger partial charge in [-0.05, 0) is 53.0 Å². The number of hydrogen-bond acceptors (Lipinski definition) is 3. The van der Waals surface area contributed by atoms with Crippen LogP contribution in [0.5, 0.6) is 0 Å². The van der Waals surface area contributed by atoms with E-state index in [1.807, 2.05) is 65.0 Å². The van der Waals surface area contributed by atoms with Gasteiger partial charge in [-0.3, -0.25) is 4.79 Å². The summed E-state index contributed by atoms with van der Waals surface area (Å²) in [4.78, 5) is 12.3. The zero-order valence-corrected chi connectivity index (χ0v) is 17.4. The van der Waals surface area contributed by atoms with E-state index in [4.69, 9.17) is 4.74 Å². The number of carbonyl (C=O) groups is 1. The van der Waals surface area contributed by atoms with Gasteiger partial charge in [-0.1, -0.05) is 66.8 Å². The number of ether oxygens (including phenoxy) is 1. The molecule has 0 aromatic heterocycles. The highest BCUT2D eigenvalue weighted by molar-refractivity contribution is 5.71. The van der Waals surface area contributed by atoms with E-state index in [1.54, 1.807) is 0 Å². The molecule has 1 N–H and O–H groups in total. The first-order chi connectivity index (χ1) is 12.9. The second-order valence-electron chi connectivity index (χ2n) is 7.58. The van der Waals surface area contributed by atoms with Crippen LogP contribution in [0.4, 0.5) is 0 Å². The number of carbonyl (C=O) groups excluding carboxylic acids is 1. The molecule has 3 nitrogen and oxygen atoms in total.